The van der Waals surface area contributed by atoms with Crippen LogP contribution in [-0.4, -0.2) is 5.11 Å². The van der Waals surface area contributed by atoms with Gasteiger partial charge < -0.3 is 5.11 Å². The van der Waals surface area contributed by atoms with E-state index in [1.165, 1.54) is 12.1 Å². The lowest BCUT2D eigenvalue weighted by Crippen LogP contribution is -1.78. The van der Waals surface area contributed by atoms with E-state index in [0.29, 0.717) is 5.56 Å². The molecule has 1 aromatic rings. The van der Waals surface area contributed by atoms with Gasteiger partial charge in [0.25, 0.3) is 0 Å². The zero-order valence-corrected chi connectivity index (χ0v) is 7.65. The van der Waals surface area contributed by atoms with Crippen molar-refractivity contribution in [2.45, 2.75) is 6.92 Å². The van der Waals surface area contributed by atoms with E-state index in [9.17, 15) is 5.11 Å². The molecule has 68 valence electrons. The van der Waals surface area contributed by atoms with Crippen molar-refractivity contribution in [2.24, 2.45) is 0 Å². The molecular formula is C11H8N2O. The van der Waals surface area contributed by atoms with E-state index in [0.717, 1.165) is 5.56 Å². The molecule has 3 nitrogen and oxygen atoms in total. The van der Waals surface area contributed by atoms with Crippen LogP contribution in [0.2, 0.25) is 0 Å². The summed E-state index contributed by atoms with van der Waals surface area (Å²) in [7, 11) is 0. The van der Waals surface area contributed by atoms with Crippen LogP contribution in [0.5, 0.6) is 5.75 Å². The van der Waals surface area contributed by atoms with E-state index in [2.05, 4.69) is 0 Å². The van der Waals surface area contributed by atoms with E-state index in [1.54, 1.807) is 31.2 Å². The Hall–Kier alpha value is -2.26. The first-order chi connectivity index (χ1) is 6.67. The molecular weight excluding hydrogens is 176 g/mol. The summed E-state index contributed by atoms with van der Waals surface area (Å²) in [6, 6.07) is 8.49. The smallest absolute Gasteiger partial charge is 0.130 e. The highest BCUT2D eigenvalue weighted by molar-refractivity contribution is 5.63. The standard InChI is InChI=1S/C11H8N2O/c1-8-2-3-9(5-11(8)14)4-10(6-12)7-13/h2-5,14H,1H3. The number of hydrogen-bond donors (Lipinski definition) is 1. The van der Waals surface area contributed by atoms with Crippen LogP contribution in [-0.2, 0) is 0 Å². The molecule has 0 fully saturated rings. The van der Waals surface area contributed by atoms with Crippen molar-refractivity contribution in [1.82, 2.24) is 0 Å². The molecule has 3 heteroatoms. The van der Waals surface area contributed by atoms with Crippen LogP contribution in [0, 0.1) is 29.6 Å². The van der Waals surface area contributed by atoms with Crippen molar-refractivity contribution in [2.75, 3.05) is 0 Å². The average Bonchev–Trinajstić information content (AvgIpc) is 2.19. The van der Waals surface area contributed by atoms with Gasteiger partial charge in [-0.15, -0.1) is 0 Å². The topological polar surface area (TPSA) is 67.8 Å². The number of aryl methyl sites for hydroxylation is 1. The molecule has 0 unspecified atom stereocenters. The van der Waals surface area contributed by atoms with Crippen molar-refractivity contribution in [3.8, 4) is 17.9 Å². The van der Waals surface area contributed by atoms with Crippen molar-refractivity contribution in [1.29, 1.82) is 10.5 Å². The maximum atomic E-state index is 9.36. The lowest BCUT2D eigenvalue weighted by Gasteiger charge is -1.98. The van der Waals surface area contributed by atoms with Crippen LogP contribution in [0.1, 0.15) is 11.1 Å². The van der Waals surface area contributed by atoms with Crippen molar-refractivity contribution in [3.05, 3.63) is 34.9 Å². The van der Waals surface area contributed by atoms with Crippen molar-refractivity contribution >= 4 is 6.08 Å². The molecule has 1 N–H and O–H groups in total. The lowest BCUT2D eigenvalue weighted by molar-refractivity contribution is 0.471. The fraction of sp³-hybridized carbons (Fsp3) is 0.0909. The number of aromatic hydroxyl groups is 1. The minimum atomic E-state index is 0.0215. The van der Waals surface area contributed by atoms with E-state index >= 15 is 0 Å². The number of benzene rings is 1. The summed E-state index contributed by atoms with van der Waals surface area (Å²) in [5.41, 5.74) is 1.43. The zero-order chi connectivity index (χ0) is 10.6. The summed E-state index contributed by atoms with van der Waals surface area (Å²) in [5, 5.41) is 26.4. The van der Waals surface area contributed by atoms with Gasteiger partial charge in [0, 0.05) is 0 Å². The third-order valence-corrected chi connectivity index (χ3v) is 1.79. The first kappa shape index (κ1) is 9.83. The monoisotopic (exact) mass is 184 g/mol. The van der Waals surface area contributed by atoms with E-state index in [4.69, 9.17) is 10.5 Å². The maximum absolute atomic E-state index is 9.36. The molecule has 0 atom stereocenters. The van der Waals surface area contributed by atoms with Gasteiger partial charge in [0.1, 0.15) is 23.5 Å². The number of nitriles is 2. The molecule has 0 saturated heterocycles. The molecule has 0 bridgehead atoms. The summed E-state index contributed by atoms with van der Waals surface area (Å²) in [4.78, 5) is 0. The number of phenols is 1. The summed E-state index contributed by atoms with van der Waals surface area (Å²) in [5.74, 6) is 0.161. The van der Waals surface area contributed by atoms with Crippen LogP contribution in [0.4, 0.5) is 0 Å². The van der Waals surface area contributed by atoms with Crippen LogP contribution in [0.25, 0.3) is 6.08 Å². The molecule has 1 aromatic carbocycles. The molecule has 0 spiro atoms. The van der Waals surface area contributed by atoms with Crippen molar-refractivity contribution < 1.29 is 5.11 Å². The van der Waals surface area contributed by atoms with Gasteiger partial charge in [0.15, 0.2) is 0 Å². The zero-order valence-electron chi connectivity index (χ0n) is 7.65. The molecule has 0 aliphatic carbocycles. The molecule has 1 rings (SSSR count). The molecule has 0 amide bonds. The highest BCUT2D eigenvalue weighted by atomic mass is 16.3. The summed E-state index contributed by atoms with van der Waals surface area (Å²) >= 11 is 0. The Labute approximate surface area is 82.1 Å². The van der Waals surface area contributed by atoms with Crippen LogP contribution in [0.3, 0.4) is 0 Å². The van der Waals surface area contributed by atoms with E-state index in [-0.39, 0.29) is 11.3 Å². The SMILES string of the molecule is Cc1ccc(C=C(C#N)C#N)cc1O. The Kier molecular flexibility index (Phi) is 2.89. The lowest BCUT2D eigenvalue weighted by atomic mass is 10.1. The van der Waals surface area contributed by atoms with Gasteiger partial charge in [0.2, 0.25) is 0 Å². The van der Waals surface area contributed by atoms with Crippen LogP contribution in [0.15, 0.2) is 23.8 Å². The largest absolute Gasteiger partial charge is 0.508 e. The van der Waals surface area contributed by atoms with Gasteiger partial charge in [-0.1, -0.05) is 12.1 Å². The first-order valence-electron chi connectivity index (χ1n) is 3.99. The van der Waals surface area contributed by atoms with Gasteiger partial charge in [0.05, 0.1) is 0 Å². The molecule has 0 saturated carbocycles. The molecule has 0 aromatic heterocycles. The Balaban J connectivity index is 3.13. The summed E-state index contributed by atoms with van der Waals surface area (Å²) in [6.45, 7) is 1.78. The quantitative estimate of drug-likeness (QED) is 0.680. The van der Waals surface area contributed by atoms with Crippen molar-refractivity contribution in [3.63, 3.8) is 0 Å². The highest BCUT2D eigenvalue weighted by Crippen LogP contribution is 2.18. The number of hydrogen-bond acceptors (Lipinski definition) is 3. The maximum Gasteiger partial charge on any atom is 0.130 e. The van der Waals surface area contributed by atoms with Gasteiger partial charge in [-0.3, -0.25) is 0 Å². The van der Waals surface area contributed by atoms with Crippen LogP contribution < -0.4 is 0 Å². The van der Waals surface area contributed by atoms with Gasteiger partial charge in [-0.25, -0.2) is 0 Å². The third kappa shape index (κ3) is 2.12. The Morgan fingerprint density at radius 2 is 2.00 bits per heavy atom. The fourth-order valence-corrected chi connectivity index (χ4v) is 0.972. The molecule has 0 aliphatic rings. The minimum absolute atomic E-state index is 0.0215. The molecule has 0 aliphatic heterocycles. The fourth-order valence-electron chi connectivity index (χ4n) is 0.972. The Morgan fingerprint density at radius 3 is 2.50 bits per heavy atom. The predicted octanol–water partition coefficient (Wildman–Crippen LogP) is 2.13. The second-order valence-corrected chi connectivity index (χ2v) is 2.83. The number of rotatable bonds is 1. The second kappa shape index (κ2) is 4.11. The van der Waals surface area contributed by atoms with Crippen LogP contribution >= 0.6 is 0 Å². The Bertz CT molecular complexity index is 445. The summed E-state index contributed by atoms with van der Waals surface area (Å²) < 4.78 is 0. The second-order valence-electron chi connectivity index (χ2n) is 2.83. The van der Waals surface area contributed by atoms with Gasteiger partial charge in [-0.05, 0) is 30.2 Å². The minimum Gasteiger partial charge on any atom is -0.508 e. The predicted molar refractivity (Wildman–Crippen MR) is 52.0 cm³/mol. The molecule has 0 heterocycles. The average molecular weight is 184 g/mol. The highest BCUT2D eigenvalue weighted by Gasteiger charge is 1.98. The number of allylic oxidation sites excluding steroid dienone is 1. The normalized spacial score (nSPS) is 8.50. The molecule has 0 radical (unpaired) electrons. The summed E-state index contributed by atoms with van der Waals surface area (Å²) in [6.07, 6.45) is 1.43. The van der Waals surface area contributed by atoms with Gasteiger partial charge in [-0.2, -0.15) is 10.5 Å². The molecule has 14 heavy (non-hydrogen) atoms. The van der Waals surface area contributed by atoms with E-state index < -0.39 is 0 Å². The van der Waals surface area contributed by atoms with E-state index in [1.807, 2.05) is 0 Å². The number of phenolic OH excluding ortho intramolecular Hbond substituents is 1. The third-order valence-electron chi connectivity index (χ3n) is 1.79. The van der Waals surface area contributed by atoms with Gasteiger partial charge >= 0.3 is 0 Å². The Morgan fingerprint density at radius 1 is 1.36 bits per heavy atom. The number of nitrogens with zero attached hydrogens (tertiary/aromatic N) is 2. The first-order valence-corrected chi connectivity index (χ1v) is 3.99.